The lowest BCUT2D eigenvalue weighted by molar-refractivity contribution is -0.140. The maximum atomic E-state index is 10.9. The topological polar surface area (TPSA) is 37.3 Å². The van der Waals surface area contributed by atoms with Gasteiger partial charge in [-0.05, 0) is 12.8 Å². The number of rotatable bonds is 9. The van der Waals surface area contributed by atoms with Gasteiger partial charge >= 0.3 is 5.97 Å². The van der Waals surface area contributed by atoms with E-state index in [1.165, 1.54) is 19.3 Å². The molecule has 0 heterocycles. The highest BCUT2D eigenvalue weighted by Crippen LogP contribution is 2.13. The van der Waals surface area contributed by atoms with Crippen molar-refractivity contribution in [3.63, 3.8) is 0 Å². The average molecular weight is 212 g/mol. The molecule has 15 heavy (non-hydrogen) atoms. The van der Waals surface area contributed by atoms with E-state index >= 15 is 0 Å². The monoisotopic (exact) mass is 212 g/mol. The van der Waals surface area contributed by atoms with Crippen molar-refractivity contribution in [2.45, 2.75) is 58.8 Å². The van der Waals surface area contributed by atoms with Crippen LogP contribution in [-0.4, -0.2) is 11.1 Å². The van der Waals surface area contributed by atoms with Crippen LogP contribution < -0.4 is 0 Å². The van der Waals surface area contributed by atoms with Gasteiger partial charge in [0.1, 0.15) is 0 Å². The molecule has 0 rings (SSSR count). The molecular formula is C13H24O2. The molecule has 0 aromatic heterocycles. The smallest absolute Gasteiger partial charge is 0.310 e. The van der Waals surface area contributed by atoms with Crippen LogP contribution in [0.2, 0.25) is 0 Å². The van der Waals surface area contributed by atoms with Crippen LogP contribution in [0.15, 0.2) is 12.2 Å². The molecule has 0 aromatic rings. The Labute approximate surface area is 93.4 Å². The van der Waals surface area contributed by atoms with Gasteiger partial charge < -0.3 is 5.11 Å². The molecule has 0 amide bonds. The lowest BCUT2D eigenvalue weighted by Gasteiger charge is -2.06. The van der Waals surface area contributed by atoms with Gasteiger partial charge in [0, 0.05) is 0 Å². The molecule has 2 heteroatoms. The molecule has 0 saturated heterocycles. The van der Waals surface area contributed by atoms with Gasteiger partial charge in [0.25, 0.3) is 0 Å². The van der Waals surface area contributed by atoms with E-state index in [9.17, 15) is 4.79 Å². The van der Waals surface area contributed by atoms with E-state index in [0.29, 0.717) is 0 Å². The third-order valence-electron chi connectivity index (χ3n) is 2.54. The molecule has 1 N–H and O–H groups in total. The van der Waals surface area contributed by atoms with E-state index in [0.717, 1.165) is 25.7 Å². The molecule has 0 aromatic carbocycles. The van der Waals surface area contributed by atoms with Gasteiger partial charge in [0.15, 0.2) is 0 Å². The van der Waals surface area contributed by atoms with Crippen molar-refractivity contribution in [3.8, 4) is 0 Å². The number of hydrogen-bond acceptors (Lipinski definition) is 1. The first-order chi connectivity index (χ1) is 7.22. The fourth-order valence-corrected chi connectivity index (χ4v) is 1.57. The predicted octanol–water partition coefficient (Wildman–Crippen LogP) is 4.01. The first kappa shape index (κ1) is 14.2. The fraction of sp³-hybridized carbons (Fsp3) is 0.769. The Morgan fingerprint density at radius 2 is 1.87 bits per heavy atom. The maximum absolute atomic E-state index is 10.9. The molecule has 0 radical (unpaired) electrons. The van der Waals surface area contributed by atoms with Crippen LogP contribution in [0.1, 0.15) is 58.8 Å². The van der Waals surface area contributed by atoms with E-state index in [-0.39, 0.29) is 5.92 Å². The summed E-state index contributed by atoms with van der Waals surface area (Å²) in [6.45, 7) is 4.21. The SMILES string of the molecule is CCC=CC(CCCCCCC)C(=O)O. The molecule has 88 valence electrons. The molecule has 0 fully saturated rings. The Morgan fingerprint density at radius 1 is 1.20 bits per heavy atom. The van der Waals surface area contributed by atoms with Crippen LogP contribution in [0, 0.1) is 5.92 Å². The normalized spacial score (nSPS) is 13.2. The Morgan fingerprint density at radius 3 is 2.40 bits per heavy atom. The first-order valence-electron chi connectivity index (χ1n) is 6.11. The molecule has 0 spiro atoms. The summed E-state index contributed by atoms with van der Waals surface area (Å²) in [6, 6.07) is 0. The second-order valence-electron chi connectivity index (χ2n) is 3.98. The van der Waals surface area contributed by atoms with Crippen LogP contribution in [0.25, 0.3) is 0 Å². The van der Waals surface area contributed by atoms with Crippen LogP contribution in [0.3, 0.4) is 0 Å². The molecule has 0 saturated carbocycles. The molecule has 1 atom stereocenters. The second-order valence-corrected chi connectivity index (χ2v) is 3.98. The Kier molecular flexibility index (Phi) is 9.24. The summed E-state index contributed by atoms with van der Waals surface area (Å²) in [5.74, 6) is -0.957. The summed E-state index contributed by atoms with van der Waals surface area (Å²) in [6.07, 6.45) is 11.4. The van der Waals surface area contributed by atoms with E-state index in [2.05, 4.69) is 6.92 Å². The average Bonchev–Trinajstić information content (AvgIpc) is 2.21. The molecule has 0 aliphatic heterocycles. The van der Waals surface area contributed by atoms with Gasteiger partial charge in [-0.2, -0.15) is 0 Å². The first-order valence-corrected chi connectivity index (χ1v) is 6.11. The number of hydrogen-bond donors (Lipinski definition) is 1. The highest BCUT2D eigenvalue weighted by atomic mass is 16.4. The van der Waals surface area contributed by atoms with Crippen LogP contribution in [0.4, 0.5) is 0 Å². The maximum Gasteiger partial charge on any atom is 0.310 e. The Hall–Kier alpha value is -0.790. The Bertz CT molecular complexity index is 185. The zero-order valence-electron chi connectivity index (χ0n) is 10.0. The van der Waals surface area contributed by atoms with Crippen LogP contribution in [-0.2, 0) is 4.79 Å². The summed E-state index contributed by atoms with van der Waals surface area (Å²) in [5.41, 5.74) is 0. The standard InChI is InChI=1S/C13H24O2/c1-3-5-7-8-9-11-12(13(14)15)10-6-4-2/h6,10,12H,3-5,7-9,11H2,1-2H3,(H,14,15). The molecule has 0 aliphatic carbocycles. The van der Waals surface area contributed by atoms with Crippen LogP contribution in [0.5, 0.6) is 0 Å². The van der Waals surface area contributed by atoms with Gasteiger partial charge in [0.2, 0.25) is 0 Å². The third-order valence-corrected chi connectivity index (χ3v) is 2.54. The molecule has 1 unspecified atom stereocenters. The second kappa shape index (κ2) is 9.75. The highest BCUT2D eigenvalue weighted by Gasteiger charge is 2.12. The van der Waals surface area contributed by atoms with Crippen molar-refractivity contribution in [3.05, 3.63) is 12.2 Å². The predicted molar refractivity (Wildman–Crippen MR) is 63.9 cm³/mol. The minimum atomic E-state index is -0.685. The summed E-state index contributed by atoms with van der Waals surface area (Å²) < 4.78 is 0. The van der Waals surface area contributed by atoms with Gasteiger partial charge in [0.05, 0.1) is 5.92 Å². The van der Waals surface area contributed by atoms with Crippen molar-refractivity contribution < 1.29 is 9.90 Å². The van der Waals surface area contributed by atoms with Gasteiger partial charge in [-0.3, -0.25) is 4.79 Å². The summed E-state index contributed by atoms with van der Waals surface area (Å²) in [4.78, 5) is 10.9. The number of unbranched alkanes of at least 4 members (excludes halogenated alkanes) is 4. The van der Waals surface area contributed by atoms with Crippen molar-refractivity contribution >= 4 is 5.97 Å². The van der Waals surface area contributed by atoms with Gasteiger partial charge in [-0.1, -0.05) is 58.1 Å². The number of carbonyl (C=O) groups is 1. The zero-order chi connectivity index (χ0) is 11.5. The van der Waals surface area contributed by atoms with Crippen molar-refractivity contribution in [1.82, 2.24) is 0 Å². The number of carboxylic acid groups (broad SMARTS) is 1. The van der Waals surface area contributed by atoms with E-state index in [1.807, 2.05) is 19.1 Å². The van der Waals surface area contributed by atoms with Crippen molar-refractivity contribution in [2.75, 3.05) is 0 Å². The van der Waals surface area contributed by atoms with Gasteiger partial charge in [-0.25, -0.2) is 0 Å². The van der Waals surface area contributed by atoms with E-state index in [4.69, 9.17) is 5.11 Å². The minimum Gasteiger partial charge on any atom is -0.481 e. The van der Waals surface area contributed by atoms with E-state index in [1.54, 1.807) is 0 Å². The summed E-state index contributed by atoms with van der Waals surface area (Å²) >= 11 is 0. The van der Waals surface area contributed by atoms with Gasteiger partial charge in [-0.15, -0.1) is 0 Å². The largest absolute Gasteiger partial charge is 0.481 e. The summed E-state index contributed by atoms with van der Waals surface area (Å²) in [7, 11) is 0. The third kappa shape index (κ3) is 8.22. The highest BCUT2D eigenvalue weighted by molar-refractivity contribution is 5.72. The van der Waals surface area contributed by atoms with Crippen molar-refractivity contribution in [1.29, 1.82) is 0 Å². The Balaban J connectivity index is 3.67. The number of carboxylic acids is 1. The lowest BCUT2D eigenvalue weighted by Crippen LogP contribution is -2.10. The van der Waals surface area contributed by atoms with Crippen molar-refractivity contribution in [2.24, 2.45) is 5.92 Å². The molecule has 2 nitrogen and oxygen atoms in total. The molecule has 0 aliphatic rings. The molecular weight excluding hydrogens is 188 g/mol. The number of allylic oxidation sites excluding steroid dienone is 1. The fourth-order valence-electron chi connectivity index (χ4n) is 1.57. The summed E-state index contributed by atoms with van der Waals surface area (Å²) in [5, 5.41) is 8.95. The van der Waals surface area contributed by atoms with E-state index < -0.39 is 5.97 Å². The zero-order valence-corrected chi connectivity index (χ0v) is 10.0. The van der Waals surface area contributed by atoms with Crippen LogP contribution >= 0.6 is 0 Å². The number of aliphatic carboxylic acids is 1. The minimum absolute atomic E-state index is 0.272. The lowest BCUT2D eigenvalue weighted by atomic mass is 10.00. The molecule has 0 bridgehead atoms. The quantitative estimate of drug-likeness (QED) is 0.463.